The Kier molecular flexibility index (Phi) is 5.84. The molecule has 1 aliphatic heterocycles. The van der Waals surface area contributed by atoms with Gasteiger partial charge in [0.1, 0.15) is 5.70 Å². The van der Waals surface area contributed by atoms with E-state index in [4.69, 9.17) is 0 Å². The third-order valence-corrected chi connectivity index (χ3v) is 5.61. The summed E-state index contributed by atoms with van der Waals surface area (Å²) in [7, 11) is 0. The smallest absolute Gasteiger partial charge is 0.282 e. The van der Waals surface area contributed by atoms with Crippen molar-refractivity contribution < 1.29 is 14.4 Å². The van der Waals surface area contributed by atoms with Crippen molar-refractivity contribution in [2.24, 2.45) is 0 Å². The molecule has 4 rings (SSSR count). The van der Waals surface area contributed by atoms with Gasteiger partial charge in [0, 0.05) is 18.3 Å². The summed E-state index contributed by atoms with van der Waals surface area (Å²) >= 11 is 0. The van der Waals surface area contributed by atoms with Gasteiger partial charge in [0.2, 0.25) is 5.91 Å². The van der Waals surface area contributed by atoms with Crippen molar-refractivity contribution in [2.75, 3.05) is 15.5 Å². The van der Waals surface area contributed by atoms with E-state index in [0.29, 0.717) is 16.9 Å². The number of rotatable bonds is 5. The van der Waals surface area contributed by atoms with E-state index >= 15 is 0 Å². The second-order valence-electron chi connectivity index (χ2n) is 8.22. The van der Waals surface area contributed by atoms with Gasteiger partial charge in [-0.15, -0.1) is 0 Å². The Morgan fingerprint density at radius 1 is 0.788 bits per heavy atom. The zero-order valence-corrected chi connectivity index (χ0v) is 19.0. The molecule has 166 valence electrons. The quantitative estimate of drug-likeness (QED) is 0.551. The van der Waals surface area contributed by atoms with E-state index in [9.17, 15) is 14.4 Å². The predicted octanol–water partition coefficient (Wildman–Crippen LogP) is 4.97. The maximum absolute atomic E-state index is 13.6. The molecule has 0 saturated carbocycles. The van der Waals surface area contributed by atoms with Crippen LogP contribution in [-0.2, 0) is 14.4 Å². The Balaban J connectivity index is 1.80. The van der Waals surface area contributed by atoms with Crippen LogP contribution in [0.2, 0.25) is 0 Å². The first-order valence-corrected chi connectivity index (χ1v) is 10.7. The molecule has 0 saturated heterocycles. The first-order chi connectivity index (χ1) is 15.7. The fourth-order valence-electron chi connectivity index (χ4n) is 3.80. The maximum atomic E-state index is 13.6. The summed E-state index contributed by atoms with van der Waals surface area (Å²) in [6.45, 7) is 7.33. The number of benzene rings is 3. The number of amides is 3. The fourth-order valence-corrected chi connectivity index (χ4v) is 3.80. The number of imide groups is 1. The first kappa shape index (κ1) is 22.0. The number of nitrogens with zero attached hydrogens (tertiary/aromatic N) is 1. The second-order valence-corrected chi connectivity index (χ2v) is 8.22. The molecule has 0 atom stereocenters. The van der Waals surface area contributed by atoms with E-state index < -0.39 is 11.8 Å². The molecule has 1 aliphatic rings. The monoisotopic (exact) mass is 439 g/mol. The summed E-state index contributed by atoms with van der Waals surface area (Å²) in [5.74, 6) is -0.992. The van der Waals surface area contributed by atoms with Crippen molar-refractivity contribution in [1.82, 2.24) is 0 Å². The molecule has 1 heterocycles. The SMILES string of the molecule is CC(=O)Nc1ccc(C2=C(Nc3cccc(C)c3)C(=O)N(c3ccc(C)c(C)c3)C2=O)cc1. The highest BCUT2D eigenvalue weighted by molar-refractivity contribution is 6.46. The van der Waals surface area contributed by atoms with E-state index in [-0.39, 0.29) is 17.2 Å². The minimum Gasteiger partial charge on any atom is -0.350 e. The van der Waals surface area contributed by atoms with Gasteiger partial charge in [-0.1, -0.05) is 30.3 Å². The third kappa shape index (κ3) is 4.41. The Hall–Kier alpha value is -4.19. The average molecular weight is 440 g/mol. The largest absolute Gasteiger partial charge is 0.350 e. The molecule has 0 radical (unpaired) electrons. The molecule has 6 nitrogen and oxygen atoms in total. The Bertz CT molecular complexity index is 1310. The molecule has 0 aromatic heterocycles. The lowest BCUT2D eigenvalue weighted by Gasteiger charge is -2.17. The van der Waals surface area contributed by atoms with Crippen molar-refractivity contribution in [1.29, 1.82) is 0 Å². The van der Waals surface area contributed by atoms with E-state index in [1.165, 1.54) is 11.8 Å². The maximum Gasteiger partial charge on any atom is 0.282 e. The lowest BCUT2D eigenvalue weighted by Crippen LogP contribution is -2.32. The number of anilines is 3. The van der Waals surface area contributed by atoms with Crippen molar-refractivity contribution in [2.45, 2.75) is 27.7 Å². The Labute approximate surface area is 192 Å². The highest BCUT2D eigenvalue weighted by Gasteiger charge is 2.40. The van der Waals surface area contributed by atoms with E-state index in [1.807, 2.05) is 57.2 Å². The van der Waals surface area contributed by atoms with Gasteiger partial charge in [-0.3, -0.25) is 14.4 Å². The summed E-state index contributed by atoms with van der Waals surface area (Å²) < 4.78 is 0. The highest BCUT2D eigenvalue weighted by atomic mass is 16.2. The minimum absolute atomic E-state index is 0.184. The van der Waals surface area contributed by atoms with Crippen molar-refractivity contribution in [3.8, 4) is 0 Å². The Morgan fingerprint density at radius 2 is 1.52 bits per heavy atom. The number of carbonyl (C=O) groups is 3. The van der Waals surface area contributed by atoms with Crippen LogP contribution >= 0.6 is 0 Å². The molecule has 0 bridgehead atoms. The van der Waals surface area contributed by atoms with E-state index in [2.05, 4.69) is 10.6 Å². The molecule has 3 aromatic rings. The van der Waals surface area contributed by atoms with Gasteiger partial charge in [0.15, 0.2) is 0 Å². The third-order valence-electron chi connectivity index (χ3n) is 5.61. The number of hydrogen-bond acceptors (Lipinski definition) is 4. The van der Waals surface area contributed by atoms with Gasteiger partial charge in [0.05, 0.1) is 11.3 Å². The molecule has 0 fully saturated rings. The lowest BCUT2D eigenvalue weighted by molar-refractivity contribution is -0.120. The number of aryl methyl sites for hydroxylation is 3. The average Bonchev–Trinajstić information content (AvgIpc) is 3.00. The van der Waals surface area contributed by atoms with Crippen LogP contribution < -0.4 is 15.5 Å². The molecule has 2 N–H and O–H groups in total. The van der Waals surface area contributed by atoms with Gasteiger partial charge < -0.3 is 10.6 Å². The molecule has 33 heavy (non-hydrogen) atoms. The second kappa shape index (κ2) is 8.74. The standard InChI is InChI=1S/C27H25N3O3/c1-16-6-5-7-22(14-16)29-25-24(20-9-11-21(12-10-20)28-19(4)31)26(32)30(27(25)33)23-13-8-17(2)18(3)15-23/h5-15,29H,1-4H3,(H,28,31). The topological polar surface area (TPSA) is 78.5 Å². The number of carbonyl (C=O) groups excluding carboxylic acids is 3. The van der Waals surface area contributed by atoms with E-state index in [0.717, 1.165) is 22.4 Å². The van der Waals surface area contributed by atoms with E-state index in [1.54, 1.807) is 30.3 Å². The van der Waals surface area contributed by atoms with Crippen LogP contribution in [0.1, 0.15) is 29.2 Å². The minimum atomic E-state index is -0.411. The number of nitrogens with one attached hydrogen (secondary N) is 2. The van der Waals surface area contributed by atoms with Crippen molar-refractivity contribution in [3.63, 3.8) is 0 Å². The molecular weight excluding hydrogens is 414 g/mol. The summed E-state index contributed by atoms with van der Waals surface area (Å²) in [6, 6.07) is 20.0. The van der Waals surface area contributed by atoms with Gasteiger partial charge in [-0.25, -0.2) is 4.90 Å². The molecular formula is C27H25N3O3. The molecule has 0 unspecified atom stereocenters. The van der Waals surface area contributed by atoms with Crippen LogP contribution in [0.5, 0.6) is 0 Å². The normalized spacial score (nSPS) is 13.5. The van der Waals surface area contributed by atoms with Crippen LogP contribution in [0, 0.1) is 20.8 Å². The van der Waals surface area contributed by atoms with Gasteiger partial charge in [-0.05, 0) is 79.4 Å². The van der Waals surface area contributed by atoms with Gasteiger partial charge >= 0.3 is 0 Å². The van der Waals surface area contributed by atoms with Crippen molar-refractivity contribution >= 4 is 40.4 Å². The van der Waals surface area contributed by atoms with Gasteiger partial charge in [-0.2, -0.15) is 0 Å². The van der Waals surface area contributed by atoms with Crippen LogP contribution in [0.4, 0.5) is 17.1 Å². The summed E-state index contributed by atoms with van der Waals surface area (Å²) in [4.78, 5) is 39.7. The van der Waals surface area contributed by atoms with Crippen LogP contribution in [0.15, 0.2) is 72.4 Å². The molecule has 0 aliphatic carbocycles. The number of hydrogen-bond donors (Lipinski definition) is 2. The van der Waals surface area contributed by atoms with Gasteiger partial charge in [0.25, 0.3) is 11.8 Å². The summed E-state index contributed by atoms with van der Waals surface area (Å²) in [5, 5.41) is 5.89. The summed E-state index contributed by atoms with van der Waals surface area (Å²) in [5.41, 5.74) is 6.07. The van der Waals surface area contributed by atoms with Crippen LogP contribution in [-0.4, -0.2) is 17.7 Å². The van der Waals surface area contributed by atoms with Crippen LogP contribution in [0.25, 0.3) is 5.57 Å². The molecule has 3 amide bonds. The molecule has 3 aromatic carbocycles. The fraction of sp³-hybridized carbons (Fsp3) is 0.148. The lowest BCUT2D eigenvalue weighted by atomic mass is 10.0. The molecule has 0 spiro atoms. The van der Waals surface area contributed by atoms with Crippen LogP contribution in [0.3, 0.4) is 0 Å². The Morgan fingerprint density at radius 3 is 2.15 bits per heavy atom. The zero-order valence-electron chi connectivity index (χ0n) is 19.0. The molecule has 6 heteroatoms. The highest BCUT2D eigenvalue weighted by Crippen LogP contribution is 2.35. The van der Waals surface area contributed by atoms with Crippen molar-refractivity contribution in [3.05, 3.63) is 94.7 Å². The summed E-state index contributed by atoms with van der Waals surface area (Å²) in [6.07, 6.45) is 0. The first-order valence-electron chi connectivity index (χ1n) is 10.7. The predicted molar refractivity (Wildman–Crippen MR) is 131 cm³/mol. The zero-order chi connectivity index (χ0) is 23.7.